The van der Waals surface area contributed by atoms with Gasteiger partial charge in [0, 0.05) is 12.6 Å². The summed E-state index contributed by atoms with van der Waals surface area (Å²) >= 11 is 0. The number of amides is 1. The van der Waals surface area contributed by atoms with Gasteiger partial charge in [0.1, 0.15) is 0 Å². The zero-order chi connectivity index (χ0) is 13.7. The van der Waals surface area contributed by atoms with E-state index in [0.717, 1.165) is 0 Å². The minimum absolute atomic E-state index is 0.0313. The first-order valence-electron chi connectivity index (χ1n) is 5.54. The zero-order valence-electron chi connectivity index (χ0n) is 10.3. The van der Waals surface area contributed by atoms with E-state index in [2.05, 4.69) is 5.10 Å². The van der Waals surface area contributed by atoms with E-state index < -0.39 is 18.0 Å². The smallest absolute Gasteiger partial charge is 0.359 e. The molecule has 1 aromatic heterocycles. The number of aryl methyl sites for hydroxylation is 1. The van der Waals surface area contributed by atoms with Crippen LogP contribution in [-0.2, 0) is 16.1 Å². The summed E-state index contributed by atoms with van der Waals surface area (Å²) in [6.45, 7) is 3.65. The Hall–Kier alpha value is -2.18. The highest BCUT2D eigenvalue weighted by Crippen LogP contribution is 1.99. The second-order valence-electron chi connectivity index (χ2n) is 3.73. The van der Waals surface area contributed by atoms with E-state index in [0.29, 0.717) is 13.0 Å². The van der Waals surface area contributed by atoms with Crippen molar-refractivity contribution >= 4 is 11.9 Å². The molecule has 1 heterocycles. The van der Waals surface area contributed by atoms with Gasteiger partial charge in [-0.2, -0.15) is 5.10 Å². The molecule has 1 rings (SSSR count). The van der Waals surface area contributed by atoms with Crippen LogP contribution in [0.1, 0.15) is 30.8 Å². The number of hydrogen-bond donors (Lipinski definition) is 1. The number of carbonyl (C=O) groups is 2. The maximum Gasteiger partial charge on any atom is 0.359 e. The van der Waals surface area contributed by atoms with Gasteiger partial charge in [-0.1, -0.05) is 6.92 Å². The first-order chi connectivity index (χ1) is 8.45. The molecule has 0 aliphatic rings. The number of rotatable bonds is 5. The quantitative estimate of drug-likeness (QED) is 0.724. The normalized spacial score (nSPS) is 11.9. The summed E-state index contributed by atoms with van der Waals surface area (Å²) in [6, 6.07) is 2.48. The average Bonchev–Trinajstić information content (AvgIpc) is 2.31. The lowest BCUT2D eigenvalue weighted by Gasteiger charge is -2.09. The van der Waals surface area contributed by atoms with E-state index in [1.54, 1.807) is 0 Å². The Morgan fingerprint density at radius 2 is 2.17 bits per heavy atom. The highest BCUT2D eigenvalue weighted by atomic mass is 16.5. The van der Waals surface area contributed by atoms with Crippen LogP contribution in [0.25, 0.3) is 0 Å². The number of nitrogens with zero attached hydrogens (tertiary/aromatic N) is 2. The number of aromatic nitrogens is 2. The molecule has 1 atom stereocenters. The van der Waals surface area contributed by atoms with Gasteiger partial charge in [0.15, 0.2) is 11.8 Å². The predicted molar refractivity (Wildman–Crippen MR) is 62.9 cm³/mol. The van der Waals surface area contributed by atoms with Crippen LogP contribution in [0.4, 0.5) is 0 Å². The van der Waals surface area contributed by atoms with Crippen LogP contribution in [0.2, 0.25) is 0 Å². The van der Waals surface area contributed by atoms with Crippen LogP contribution in [0.3, 0.4) is 0 Å². The molecular weight excluding hydrogens is 238 g/mol. The number of hydrogen-bond acceptors (Lipinski definition) is 5. The Balaban J connectivity index is 2.89. The van der Waals surface area contributed by atoms with Crippen LogP contribution < -0.4 is 11.3 Å². The third kappa shape index (κ3) is 3.41. The van der Waals surface area contributed by atoms with Gasteiger partial charge in [0.2, 0.25) is 0 Å². The van der Waals surface area contributed by atoms with Crippen molar-refractivity contribution in [2.24, 2.45) is 5.73 Å². The number of esters is 1. The minimum Gasteiger partial charge on any atom is -0.448 e. The van der Waals surface area contributed by atoms with E-state index in [1.165, 1.54) is 23.7 Å². The lowest BCUT2D eigenvalue weighted by molar-refractivity contribution is -0.125. The molecule has 7 nitrogen and oxygen atoms in total. The minimum atomic E-state index is -1.04. The number of nitrogens with two attached hydrogens (primary N) is 1. The van der Waals surface area contributed by atoms with Crippen molar-refractivity contribution in [1.82, 2.24) is 9.78 Å². The highest BCUT2D eigenvalue weighted by molar-refractivity contribution is 5.90. The molecule has 0 bridgehead atoms. The van der Waals surface area contributed by atoms with Gasteiger partial charge in [-0.25, -0.2) is 9.48 Å². The largest absolute Gasteiger partial charge is 0.448 e. The topological polar surface area (TPSA) is 104 Å². The molecular formula is C11H15N3O4. The molecule has 0 spiro atoms. The van der Waals surface area contributed by atoms with Crippen molar-refractivity contribution in [3.8, 4) is 0 Å². The third-order valence-electron chi connectivity index (χ3n) is 2.20. The summed E-state index contributed by atoms with van der Waals surface area (Å²) in [4.78, 5) is 33.8. The lowest BCUT2D eigenvalue weighted by atomic mass is 10.3. The lowest BCUT2D eigenvalue weighted by Crippen LogP contribution is -2.32. The fraction of sp³-hybridized carbons (Fsp3) is 0.455. The molecule has 18 heavy (non-hydrogen) atoms. The van der Waals surface area contributed by atoms with Gasteiger partial charge in [-0.15, -0.1) is 0 Å². The number of primary amides is 1. The first kappa shape index (κ1) is 13.9. The van der Waals surface area contributed by atoms with E-state index in [-0.39, 0.29) is 11.3 Å². The summed E-state index contributed by atoms with van der Waals surface area (Å²) < 4.78 is 5.95. The van der Waals surface area contributed by atoms with E-state index in [4.69, 9.17) is 10.5 Å². The Bertz CT molecular complexity index is 509. The Morgan fingerprint density at radius 3 is 2.72 bits per heavy atom. The maximum absolute atomic E-state index is 11.6. The highest BCUT2D eigenvalue weighted by Gasteiger charge is 2.17. The van der Waals surface area contributed by atoms with Crippen molar-refractivity contribution < 1.29 is 14.3 Å². The molecule has 0 unspecified atom stereocenters. The van der Waals surface area contributed by atoms with Crippen molar-refractivity contribution in [2.45, 2.75) is 32.9 Å². The van der Waals surface area contributed by atoms with Crippen LogP contribution >= 0.6 is 0 Å². The molecule has 0 saturated heterocycles. The molecule has 2 N–H and O–H groups in total. The fourth-order valence-electron chi connectivity index (χ4n) is 1.21. The second kappa shape index (κ2) is 5.95. The number of carbonyl (C=O) groups excluding carboxylic acids is 2. The average molecular weight is 253 g/mol. The van der Waals surface area contributed by atoms with Crippen molar-refractivity contribution in [3.05, 3.63) is 28.2 Å². The molecule has 0 aliphatic heterocycles. The summed E-state index contributed by atoms with van der Waals surface area (Å²) in [6.07, 6.45) is -0.325. The standard InChI is InChI=1S/C11H15N3O4/c1-3-6-14-9(15)5-4-8(13-14)11(17)18-7(2)10(12)16/h4-5,7H,3,6H2,1-2H3,(H2,12,16)/t7-/m1/s1. The molecule has 0 saturated carbocycles. The second-order valence-corrected chi connectivity index (χ2v) is 3.73. The molecule has 98 valence electrons. The fourth-order valence-corrected chi connectivity index (χ4v) is 1.21. The van der Waals surface area contributed by atoms with E-state index in [9.17, 15) is 14.4 Å². The molecule has 1 aromatic rings. The first-order valence-corrected chi connectivity index (χ1v) is 5.54. The Morgan fingerprint density at radius 1 is 1.50 bits per heavy atom. The third-order valence-corrected chi connectivity index (χ3v) is 2.20. The van der Waals surface area contributed by atoms with E-state index in [1.807, 2.05) is 6.92 Å². The molecule has 0 aromatic carbocycles. The van der Waals surface area contributed by atoms with Crippen LogP contribution in [0.15, 0.2) is 16.9 Å². The van der Waals surface area contributed by atoms with Gasteiger partial charge in [-0.05, 0) is 19.4 Å². The summed E-state index contributed by atoms with van der Waals surface area (Å²) in [5.74, 6) is -1.53. The van der Waals surface area contributed by atoms with E-state index >= 15 is 0 Å². The Kier molecular flexibility index (Phi) is 4.59. The van der Waals surface area contributed by atoms with Crippen molar-refractivity contribution in [3.63, 3.8) is 0 Å². The molecule has 0 radical (unpaired) electrons. The van der Waals surface area contributed by atoms with Crippen molar-refractivity contribution in [2.75, 3.05) is 0 Å². The molecule has 0 fully saturated rings. The number of ether oxygens (including phenoxy) is 1. The molecule has 0 aliphatic carbocycles. The van der Waals surface area contributed by atoms with Gasteiger partial charge in [-0.3, -0.25) is 9.59 Å². The van der Waals surface area contributed by atoms with Crippen LogP contribution in [-0.4, -0.2) is 27.8 Å². The SMILES string of the molecule is CCCn1nc(C(=O)O[C@H](C)C(N)=O)ccc1=O. The van der Waals surface area contributed by atoms with Crippen LogP contribution in [0.5, 0.6) is 0 Å². The van der Waals surface area contributed by atoms with Crippen molar-refractivity contribution in [1.29, 1.82) is 0 Å². The Labute approximate surface area is 104 Å². The molecule has 1 amide bonds. The summed E-state index contributed by atoms with van der Waals surface area (Å²) in [5, 5.41) is 3.85. The van der Waals surface area contributed by atoms with Gasteiger partial charge >= 0.3 is 5.97 Å². The van der Waals surface area contributed by atoms with Gasteiger partial charge < -0.3 is 10.5 Å². The van der Waals surface area contributed by atoms with Gasteiger partial charge in [0.25, 0.3) is 11.5 Å². The van der Waals surface area contributed by atoms with Crippen LogP contribution in [0, 0.1) is 0 Å². The zero-order valence-corrected chi connectivity index (χ0v) is 10.3. The summed E-state index contributed by atoms with van der Waals surface area (Å²) in [7, 11) is 0. The maximum atomic E-state index is 11.6. The predicted octanol–water partition coefficient (Wildman–Crippen LogP) is -0.316. The summed E-state index contributed by atoms with van der Waals surface area (Å²) in [5.41, 5.74) is 4.65. The van der Waals surface area contributed by atoms with Gasteiger partial charge in [0.05, 0.1) is 0 Å². The molecule has 7 heteroatoms. The monoisotopic (exact) mass is 253 g/mol.